The lowest BCUT2D eigenvalue weighted by Gasteiger charge is -2.18. The van der Waals surface area contributed by atoms with Gasteiger partial charge in [0.05, 0.1) is 6.04 Å². The number of aryl methyl sites for hydroxylation is 3. The van der Waals surface area contributed by atoms with Crippen LogP contribution in [-0.4, -0.2) is 5.91 Å². The molecule has 2 aromatic rings. The average molecular weight is 295 g/mol. The topological polar surface area (TPSA) is 29.1 Å². The summed E-state index contributed by atoms with van der Waals surface area (Å²) in [4.78, 5) is 12.2. The molecule has 0 saturated carbocycles. The molecule has 0 aromatic heterocycles. The summed E-state index contributed by atoms with van der Waals surface area (Å²) >= 11 is 0. The van der Waals surface area contributed by atoms with E-state index in [1.165, 1.54) is 22.3 Å². The molecule has 22 heavy (non-hydrogen) atoms. The van der Waals surface area contributed by atoms with E-state index >= 15 is 0 Å². The van der Waals surface area contributed by atoms with E-state index in [2.05, 4.69) is 56.4 Å². The Kier molecular flexibility index (Phi) is 5.76. The Morgan fingerprint density at radius 2 is 1.77 bits per heavy atom. The Hall–Kier alpha value is -2.09. The number of benzene rings is 2. The number of nitrogens with one attached hydrogen (secondary N) is 1. The van der Waals surface area contributed by atoms with E-state index in [1.807, 2.05) is 18.2 Å². The van der Waals surface area contributed by atoms with Crippen LogP contribution in [0, 0.1) is 13.8 Å². The summed E-state index contributed by atoms with van der Waals surface area (Å²) in [7, 11) is 0. The predicted molar refractivity (Wildman–Crippen MR) is 91.9 cm³/mol. The maximum Gasteiger partial charge on any atom is 0.220 e. The van der Waals surface area contributed by atoms with Crippen LogP contribution in [0.2, 0.25) is 0 Å². The SMILES string of the molecule is CC[C@@H](NC(=O)CCc1ccccc1)c1ccc(C)c(C)c1. The van der Waals surface area contributed by atoms with Crippen LogP contribution in [0.1, 0.15) is 48.1 Å². The molecule has 2 aromatic carbocycles. The van der Waals surface area contributed by atoms with Crippen LogP contribution in [0.4, 0.5) is 0 Å². The summed E-state index contributed by atoms with van der Waals surface area (Å²) in [5.74, 6) is 0.119. The molecule has 116 valence electrons. The molecule has 0 aliphatic rings. The van der Waals surface area contributed by atoms with E-state index in [0.29, 0.717) is 6.42 Å². The van der Waals surface area contributed by atoms with Crippen molar-refractivity contribution >= 4 is 5.91 Å². The standard InChI is InChI=1S/C20H25NO/c1-4-19(18-12-10-15(2)16(3)14-18)21-20(22)13-11-17-8-6-5-7-9-17/h5-10,12,14,19H,4,11,13H2,1-3H3,(H,21,22)/t19-/m1/s1. The quantitative estimate of drug-likeness (QED) is 0.835. The highest BCUT2D eigenvalue weighted by molar-refractivity contribution is 5.76. The minimum atomic E-state index is 0.0996. The minimum Gasteiger partial charge on any atom is -0.349 e. The van der Waals surface area contributed by atoms with Gasteiger partial charge in [-0.3, -0.25) is 4.79 Å². The van der Waals surface area contributed by atoms with Crippen LogP contribution in [-0.2, 0) is 11.2 Å². The van der Waals surface area contributed by atoms with Crippen molar-refractivity contribution in [3.8, 4) is 0 Å². The first-order chi connectivity index (χ1) is 10.6. The highest BCUT2D eigenvalue weighted by Gasteiger charge is 2.13. The number of amides is 1. The second kappa shape index (κ2) is 7.79. The Labute approximate surface area is 133 Å². The monoisotopic (exact) mass is 295 g/mol. The van der Waals surface area contributed by atoms with Crippen LogP contribution < -0.4 is 5.32 Å². The van der Waals surface area contributed by atoms with Crippen molar-refractivity contribution in [2.75, 3.05) is 0 Å². The fourth-order valence-electron chi connectivity index (χ4n) is 2.57. The van der Waals surface area contributed by atoms with Crippen molar-refractivity contribution in [3.63, 3.8) is 0 Å². The van der Waals surface area contributed by atoms with Crippen LogP contribution in [0.25, 0.3) is 0 Å². The number of hydrogen-bond acceptors (Lipinski definition) is 1. The normalized spacial score (nSPS) is 12.0. The molecule has 0 aliphatic carbocycles. The summed E-state index contributed by atoms with van der Waals surface area (Å²) < 4.78 is 0. The Morgan fingerprint density at radius 3 is 2.41 bits per heavy atom. The van der Waals surface area contributed by atoms with Gasteiger partial charge in [0, 0.05) is 6.42 Å². The zero-order chi connectivity index (χ0) is 15.9. The first kappa shape index (κ1) is 16.3. The summed E-state index contributed by atoms with van der Waals surface area (Å²) in [6, 6.07) is 16.7. The van der Waals surface area contributed by atoms with Gasteiger partial charge in [-0.2, -0.15) is 0 Å². The number of carbonyl (C=O) groups excluding carboxylic acids is 1. The molecular formula is C20H25NO. The van der Waals surface area contributed by atoms with E-state index < -0.39 is 0 Å². The van der Waals surface area contributed by atoms with Gasteiger partial charge in [0.1, 0.15) is 0 Å². The molecule has 0 aliphatic heterocycles. The molecule has 0 bridgehead atoms. The van der Waals surface area contributed by atoms with Gasteiger partial charge in [0.25, 0.3) is 0 Å². The minimum absolute atomic E-state index is 0.0996. The fraction of sp³-hybridized carbons (Fsp3) is 0.350. The predicted octanol–water partition coefficient (Wildman–Crippen LogP) is 4.50. The number of hydrogen-bond donors (Lipinski definition) is 1. The Balaban J connectivity index is 1.94. The smallest absolute Gasteiger partial charge is 0.220 e. The van der Waals surface area contributed by atoms with Crippen LogP contribution >= 0.6 is 0 Å². The molecular weight excluding hydrogens is 270 g/mol. The molecule has 0 radical (unpaired) electrons. The van der Waals surface area contributed by atoms with Gasteiger partial charge in [-0.1, -0.05) is 55.5 Å². The van der Waals surface area contributed by atoms with Crippen molar-refractivity contribution in [1.82, 2.24) is 5.32 Å². The molecule has 0 spiro atoms. The number of carbonyl (C=O) groups is 1. The molecule has 1 N–H and O–H groups in total. The summed E-state index contributed by atoms with van der Waals surface area (Å²) in [5, 5.41) is 3.16. The van der Waals surface area contributed by atoms with Crippen LogP contribution in [0.15, 0.2) is 48.5 Å². The van der Waals surface area contributed by atoms with E-state index in [-0.39, 0.29) is 11.9 Å². The van der Waals surface area contributed by atoms with E-state index in [0.717, 1.165) is 12.8 Å². The summed E-state index contributed by atoms with van der Waals surface area (Å²) in [6.07, 6.45) is 2.22. The van der Waals surface area contributed by atoms with E-state index in [1.54, 1.807) is 0 Å². The molecule has 2 heteroatoms. The molecule has 0 fully saturated rings. The van der Waals surface area contributed by atoms with Gasteiger partial charge in [0.2, 0.25) is 5.91 Å². The van der Waals surface area contributed by atoms with Crippen molar-refractivity contribution in [2.24, 2.45) is 0 Å². The van der Waals surface area contributed by atoms with Gasteiger partial charge in [0.15, 0.2) is 0 Å². The third-order valence-corrected chi connectivity index (χ3v) is 4.16. The van der Waals surface area contributed by atoms with Crippen LogP contribution in [0.5, 0.6) is 0 Å². The first-order valence-corrected chi connectivity index (χ1v) is 8.00. The van der Waals surface area contributed by atoms with Crippen LogP contribution in [0.3, 0.4) is 0 Å². The Morgan fingerprint density at radius 1 is 1.05 bits per heavy atom. The zero-order valence-corrected chi connectivity index (χ0v) is 13.7. The third-order valence-electron chi connectivity index (χ3n) is 4.16. The maximum atomic E-state index is 12.2. The lowest BCUT2D eigenvalue weighted by Crippen LogP contribution is -2.28. The molecule has 0 unspecified atom stereocenters. The number of rotatable bonds is 6. The molecule has 2 rings (SSSR count). The highest BCUT2D eigenvalue weighted by Crippen LogP contribution is 2.20. The second-order valence-corrected chi connectivity index (χ2v) is 5.86. The first-order valence-electron chi connectivity index (χ1n) is 8.00. The maximum absolute atomic E-state index is 12.2. The van der Waals surface area contributed by atoms with Gasteiger partial charge >= 0.3 is 0 Å². The average Bonchev–Trinajstić information content (AvgIpc) is 2.54. The van der Waals surface area contributed by atoms with E-state index in [9.17, 15) is 4.79 Å². The zero-order valence-electron chi connectivity index (χ0n) is 13.7. The lowest BCUT2D eigenvalue weighted by molar-refractivity contribution is -0.121. The van der Waals surface area contributed by atoms with Crippen molar-refractivity contribution in [1.29, 1.82) is 0 Å². The van der Waals surface area contributed by atoms with Crippen molar-refractivity contribution < 1.29 is 4.79 Å². The lowest BCUT2D eigenvalue weighted by atomic mass is 9.99. The molecule has 0 heterocycles. The summed E-state index contributed by atoms with van der Waals surface area (Å²) in [6.45, 7) is 6.33. The fourth-order valence-corrected chi connectivity index (χ4v) is 2.57. The summed E-state index contributed by atoms with van der Waals surface area (Å²) in [5.41, 5.74) is 4.96. The van der Waals surface area contributed by atoms with Crippen molar-refractivity contribution in [2.45, 2.75) is 46.1 Å². The van der Waals surface area contributed by atoms with E-state index in [4.69, 9.17) is 0 Å². The second-order valence-electron chi connectivity index (χ2n) is 5.86. The van der Waals surface area contributed by atoms with Gasteiger partial charge in [-0.05, 0) is 48.9 Å². The molecule has 1 atom stereocenters. The van der Waals surface area contributed by atoms with Gasteiger partial charge in [-0.25, -0.2) is 0 Å². The largest absolute Gasteiger partial charge is 0.349 e. The third kappa shape index (κ3) is 4.45. The highest BCUT2D eigenvalue weighted by atomic mass is 16.1. The molecule has 1 amide bonds. The Bertz CT molecular complexity index is 619. The van der Waals surface area contributed by atoms with Gasteiger partial charge in [-0.15, -0.1) is 0 Å². The van der Waals surface area contributed by atoms with Gasteiger partial charge < -0.3 is 5.32 Å². The van der Waals surface area contributed by atoms with Crippen molar-refractivity contribution in [3.05, 3.63) is 70.8 Å². The molecule has 0 saturated heterocycles. The molecule has 2 nitrogen and oxygen atoms in total.